The highest BCUT2D eigenvalue weighted by Gasteiger charge is 2.15. The Morgan fingerprint density at radius 1 is 1.00 bits per heavy atom. The number of methoxy groups -OCH3 is 1. The smallest absolute Gasteiger partial charge is 0.337 e. The van der Waals surface area contributed by atoms with Gasteiger partial charge in [0.1, 0.15) is 5.75 Å². The number of pyridine rings is 1. The van der Waals surface area contributed by atoms with Crippen LogP contribution in [0.5, 0.6) is 5.75 Å². The highest BCUT2D eigenvalue weighted by atomic mass is 16.5. The molecule has 1 heterocycles. The Labute approximate surface area is 151 Å². The summed E-state index contributed by atoms with van der Waals surface area (Å²) >= 11 is 0. The number of carbonyl (C=O) groups excluding carboxylic acids is 2. The first-order valence-electron chi connectivity index (χ1n) is 8.23. The monoisotopic (exact) mass is 349 g/mol. The van der Waals surface area contributed by atoms with E-state index in [4.69, 9.17) is 4.74 Å². The lowest BCUT2D eigenvalue weighted by Gasteiger charge is -2.12. The summed E-state index contributed by atoms with van der Waals surface area (Å²) in [6, 6.07) is 14.1. The zero-order valence-electron chi connectivity index (χ0n) is 14.9. The molecule has 1 aromatic heterocycles. The molecule has 2 aromatic carbocycles. The molecule has 0 aliphatic rings. The third kappa shape index (κ3) is 3.57. The van der Waals surface area contributed by atoms with E-state index >= 15 is 0 Å². The van der Waals surface area contributed by atoms with Gasteiger partial charge in [0.05, 0.1) is 24.6 Å². The maximum atomic E-state index is 12.4. The maximum absolute atomic E-state index is 12.4. The van der Waals surface area contributed by atoms with Crippen LogP contribution in [0.15, 0.2) is 48.5 Å². The van der Waals surface area contributed by atoms with Crippen LogP contribution in [0.2, 0.25) is 0 Å². The predicted octanol–water partition coefficient (Wildman–Crippen LogP) is 3.79. The van der Waals surface area contributed by atoms with Gasteiger partial charge in [-0.25, -0.2) is 4.79 Å². The van der Waals surface area contributed by atoms with Crippen LogP contribution in [-0.4, -0.2) is 24.0 Å². The SMILES string of the molecule is COC(=O)c1ccc(OC(=O)Cc2c(C)nc3ccccc3c2C)cc1. The van der Waals surface area contributed by atoms with Gasteiger partial charge in [-0.2, -0.15) is 0 Å². The van der Waals surface area contributed by atoms with Gasteiger partial charge in [-0.05, 0) is 55.3 Å². The van der Waals surface area contributed by atoms with Crippen LogP contribution in [-0.2, 0) is 16.0 Å². The van der Waals surface area contributed by atoms with Gasteiger partial charge in [-0.1, -0.05) is 18.2 Å². The third-order valence-electron chi connectivity index (χ3n) is 4.31. The molecular formula is C21H19NO4. The Hall–Kier alpha value is -3.21. The van der Waals surface area contributed by atoms with E-state index in [0.717, 1.165) is 27.7 Å². The van der Waals surface area contributed by atoms with E-state index in [1.807, 2.05) is 38.1 Å². The zero-order chi connectivity index (χ0) is 18.7. The van der Waals surface area contributed by atoms with Crippen molar-refractivity contribution in [3.8, 4) is 5.75 Å². The predicted molar refractivity (Wildman–Crippen MR) is 98.3 cm³/mol. The van der Waals surface area contributed by atoms with Crippen molar-refractivity contribution in [1.29, 1.82) is 0 Å². The summed E-state index contributed by atoms with van der Waals surface area (Å²) in [6.45, 7) is 3.89. The van der Waals surface area contributed by atoms with Crippen molar-refractivity contribution < 1.29 is 19.1 Å². The van der Waals surface area contributed by atoms with Crippen LogP contribution in [0.4, 0.5) is 0 Å². The lowest BCUT2D eigenvalue weighted by molar-refractivity contribution is -0.133. The van der Waals surface area contributed by atoms with Crippen molar-refractivity contribution in [2.45, 2.75) is 20.3 Å². The molecule has 3 aromatic rings. The molecule has 0 atom stereocenters. The van der Waals surface area contributed by atoms with Crippen molar-refractivity contribution in [1.82, 2.24) is 4.98 Å². The van der Waals surface area contributed by atoms with E-state index < -0.39 is 5.97 Å². The molecule has 0 radical (unpaired) electrons. The van der Waals surface area contributed by atoms with Crippen LogP contribution in [0.3, 0.4) is 0 Å². The van der Waals surface area contributed by atoms with Crippen molar-refractivity contribution in [3.05, 3.63) is 70.9 Å². The number of carbonyl (C=O) groups is 2. The van der Waals surface area contributed by atoms with Gasteiger partial charge in [0, 0.05) is 11.1 Å². The molecule has 0 aliphatic heterocycles. The van der Waals surface area contributed by atoms with E-state index in [2.05, 4.69) is 9.72 Å². The second kappa shape index (κ2) is 7.35. The fraction of sp³-hybridized carbons (Fsp3) is 0.190. The molecule has 0 unspecified atom stereocenters. The standard InChI is InChI=1S/C21H19NO4/c1-13-17-6-4-5-7-19(17)22-14(2)18(13)12-20(23)26-16-10-8-15(9-11-16)21(24)25-3/h4-11H,12H2,1-3H3. The molecule has 0 bridgehead atoms. The quantitative estimate of drug-likeness (QED) is 0.530. The van der Waals surface area contributed by atoms with Gasteiger partial charge in [-0.3, -0.25) is 9.78 Å². The highest BCUT2D eigenvalue weighted by Crippen LogP contribution is 2.23. The summed E-state index contributed by atoms with van der Waals surface area (Å²) in [6.07, 6.45) is 0.133. The number of rotatable bonds is 4. The normalized spacial score (nSPS) is 10.6. The largest absolute Gasteiger partial charge is 0.465 e. The summed E-state index contributed by atoms with van der Waals surface area (Å²) < 4.78 is 10.0. The first-order valence-corrected chi connectivity index (χ1v) is 8.23. The molecule has 26 heavy (non-hydrogen) atoms. The van der Waals surface area contributed by atoms with E-state index in [9.17, 15) is 9.59 Å². The minimum Gasteiger partial charge on any atom is -0.465 e. The number of para-hydroxylation sites is 1. The fourth-order valence-electron chi connectivity index (χ4n) is 2.92. The molecule has 132 valence electrons. The fourth-order valence-corrected chi connectivity index (χ4v) is 2.92. The number of aromatic nitrogens is 1. The van der Waals surface area contributed by atoms with Gasteiger partial charge >= 0.3 is 11.9 Å². The topological polar surface area (TPSA) is 65.5 Å². The van der Waals surface area contributed by atoms with Gasteiger partial charge in [-0.15, -0.1) is 0 Å². The molecule has 3 rings (SSSR count). The third-order valence-corrected chi connectivity index (χ3v) is 4.31. The van der Waals surface area contributed by atoms with Gasteiger partial charge in [0.15, 0.2) is 0 Å². The van der Waals surface area contributed by atoms with Crippen molar-refractivity contribution in [2.75, 3.05) is 7.11 Å². The molecule has 5 heteroatoms. The molecule has 0 fully saturated rings. The van der Waals surface area contributed by atoms with Gasteiger partial charge in [0.25, 0.3) is 0 Å². The van der Waals surface area contributed by atoms with Crippen molar-refractivity contribution >= 4 is 22.8 Å². The average molecular weight is 349 g/mol. The Bertz CT molecular complexity index is 977. The number of esters is 2. The second-order valence-electron chi connectivity index (χ2n) is 5.98. The Balaban J connectivity index is 1.78. The van der Waals surface area contributed by atoms with Crippen molar-refractivity contribution in [3.63, 3.8) is 0 Å². The molecule has 0 amide bonds. The molecule has 0 saturated heterocycles. The Morgan fingerprint density at radius 2 is 1.69 bits per heavy atom. The number of hydrogen-bond acceptors (Lipinski definition) is 5. The van der Waals surface area contributed by atoms with Crippen LogP contribution in [0, 0.1) is 13.8 Å². The molecule has 5 nitrogen and oxygen atoms in total. The number of fused-ring (bicyclic) bond motifs is 1. The number of hydrogen-bond donors (Lipinski definition) is 0. The molecule has 0 saturated carbocycles. The first-order chi connectivity index (χ1) is 12.5. The van der Waals surface area contributed by atoms with E-state index in [0.29, 0.717) is 11.3 Å². The van der Waals surface area contributed by atoms with E-state index in [1.165, 1.54) is 7.11 Å². The summed E-state index contributed by atoms with van der Waals surface area (Å²) in [5.41, 5.74) is 4.04. The highest BCUT2D eigenvalue weighted by molar-refractivity contribution is 5.89. The molecule has 0 spiro atoms. The van der Waals surface area contributed by atoms with E-state index in [-0.39, 0.29) is 12.4 Å². The summed E-state index contributed by atoms with van der Waals surface area (Å²) in [5.74, 6) is -0.429. The number of aryl methyl sites for hydroxylation is 2. The Morgan fingerprint density at radius 3 is 2.38 bits per heavy atom. The molecular weight excluding hydrogens is 330 g/mol. The van der Waals surface area contributed by atoms with Crippen LogP contribution >= 0.6 is 0 Å². The van der Waals surface area contributed by atoms with Crippen LogP contribution in [0.25, 0.3) is 10.9 Å². The van der Waals surface area contributed by atoms with Crippen LogP contribution in [0.1, 0.15) is 27.2 Å². The average Bonchev–Trinajstić information content (AvgIpc) is 2.65. The number of nitrogens with zero attached hydrogens (tertiary/aromatic N) is 1. The number of ether oxygens (including phenoxy) is 2. The molecule has 0 aliphatic carbocycles. The first kappa shape index (κ1) is 17.6. The molecule has 0 N–H and O–H groups in total. The zero-order valence-corrected chi connectivity index (χ0v) is 14.9. The lowest BCUT2D eigenvalue weighted by Crippen LogP contribution is -2.14. The second-order valence-corrected chi connectivity index (χ2v) is 5.98. The summed E-state index contributed by atoms with van der Waals surface area (Å²) in [7, 11) is 1.32. The minimum absolute atomic E-state index is 0.133. The number of benzene rings is 2. The minimum atomic E-state index is -0.434. The summed E-state index contributed by atoms with van der Waals surface area (Å²) in [5, 5.41) is 1.03. The summed E-state index contributed by atoms with van der Waals surface area (Å²) in [4.78, 5) is 28.4. The van der Waals surface area contributed by atoms with E-state index in [1.54, 1.807) is 24.3 Å². The van der Waals surface area contributed by atoms with Crippen molar-refractivity contribution in [2.24, 2.45) is 0 Å². The maximum Gasteiger partial charge on any atom is 0.337 e. The van der Waals surface area contributed by atoms with Gasteiger partial charge in [0.2, 0.25) is 0 Å². The lowest BCUT2D eigenvalue weighted by atomic mass is 10.00. The van der Waals surface area contributed by atoms with Gasteiger partial charge < -0.3 is 9.47 Å². The Kier molecular flexibility index (Phi) is 4.98. The van der Waals surface area contributed by atoms with Crippen LogP contribution < -0.4 is 4.74 Å².